The van der Waals surface area contributed by atoms with Gasteiger partial charge in [-0.25, -0.2) is 0 Å². The van der Waals surface area contributed by atoms with Crippen LogP contribution >= 0.6 is 11.9 Å². The fourth-order valence-corrected chi connectivity index (χ4v) is 1.36. The van der Waals surface area contributed by atoms with Crippen LogP contribution in [0.5, 0.6) is 0 Å². The molecule has 0 spiro atoms. The quantitative estimate of drug-likeness (QED) is 0.776. The Balaban J connectivity index is 0.000000921. The van der Waals surface area contributed by atoms with Gasteiger partial charge in [0, 0.05) is 11.1 Å². The molecule has 3 heteroatoms. The molecule has 0 aliphatic rings. The molecule has 0 saturated carbocycles. The Bertz CT molecular complexity index is 291. The van der Waals surface area contributed by atoms with E-state index in [0.717, 1.165) is 29.6 Å². The summed E-state index contributed by atoms with van der Waals surface area (Å²) >= 11 is 1.13. The standard InChI is InChI=1S/C10H14N2S.C2H6/c1-2-8-3-5-9(6-4-8)10(11)7-13-12;1-2/h3-7H,2,11-12H2,1H3;1-2H3/b10-7-;. The smallest absolute Gasteiger partial charge is 0.0464 e. The van der Waals surface area contributed by atoms with Crippen molar-refractivity contribution in [2.24, 2.45) is 10.9 Å². The van der Waals surface area contributed by atoms with E-state index in [2.05, 4.69) is 19.1 Å². The second kappa shape index (κ2) is 8.38. The van der Waals surface area contributed by atoms with Crippen molar-refractivity contribution < 1.29 is 0 Å². The monoisotopic (exact) mass is 224 g/mol. The lowest BCUT2D eigenvalue weighted by Crippen LogP contribution is -1.96. The third-order valence-corrected chi connectivity index (χ3v) is 2.28. The molecule has 0 saturated heterocycles. The van der Waals surface area contributed by atoms with Gasteiger partial charge in [0.2, 0.25) is 0 Å². The minimum Gasteiger partial charge on any atom is -0.398 e. The third-order valence-electron chi connectivity index (χ3n) is 1.89. The Hall–Kier alpha value is -0.930. The molecule has 0 fully saturated rings. The van der Waals surface area contributed by atoms with Crippen molar-refractivity contribution in [3.05, 3.63) is 40.8 Å². The third kappa shape index (κ3) is 4.91. The zero-order valence-electron chi connectivity index (χ0n) is 9.66. The van der Waals surface area contributed by atoms with Gasteiger partial charge in [0.25, 0.3) is 0 Å². The molecule has 0 aromatic heterocycles. The minimum absolute atomic E-state index is 0.718. The summed E-state index contributed by atoms with van der Waals surface area (Å²) in [6, 6.07) is 8.19. The summed E-state index contributed by atoms with van der Waals surface area (Å²) in [5, 5.41) is 7.02. The van der Waals surface area contributed by atoms with Crippen molar-refractivity contribution in [3.63, 3.8) is 0 Å². The van der Waals surface area contributed by atoms with Crippen LogP contribution < -0.4 is 10.9 Å². The molecule has 1 aromatic carbocycles. The van der Waals surface area contributed by atoms with Crippen LogP contribution in [0.1, 0.15) is 31.9 Å². The summed E-state index contributed by atoms with van der Waals surface area (Å²) in [6.07, 6.45) is 1.05. The fourth-order valence-electron chi connectivity index (χ4n) is 1.07. The van der Waals surface area contributed by atoms with Gasteiger partial charge >= 0.3 is 0 Å². The molecule has 0 atom stereocenters. The van der Waals surface area contributed by atoms with Crippen LogP contribution in [-0.2, 0) is 6.42 Å². The number of benzene rings is 1. The van der Waals surface area contributed by atoms with Gasteiger partial charge in [-0.05, 0) is 17.5 Å². The first-order valence-electron chi connectivity index (χ1n) is 5.18. The Morgan fingerprint density at radius 2 is 1.80 bits per heavy atom. The molecular weight excluding hydrogens is 204 g/mol. The van der Waals surface area contributed by atoms with E-state index in [4.69, 9.17) is 10.9 Å². The van der Waals surface area contributed by atoms with Crippen molar-refractivity contribution >= 4 is 17.6 Å². The molecule has 2 nitrogen and oxygen atoms in total. The highest BCUT2D eigenvalue weighted by atomic mass is 32.2. The first-order chi connectivity index (χ1) is 7.27. The van der Waals surface area contributed by atoms with Gasteiger partial charge in [0.15, 0.2) is 0 Å². The summed E-state index contributed by atoms with van der Waals surface area (Å²) in [5.74, 6) is 0. The van der Waals surface area contributed by atoms with Crippen LogP contribution in [-0.4, -0.2) is 0 Å². The predicted molar refractivity (Wildman–Crippen MR) is 71.1 cm³/mol. The van der Waals surface area contributed by atoms with Crippen LogP contribution in [0.25, 0.3) is 5.70 Å². The van der Waals surface area contributed by atoms with Gasteiger partial charge in [0.05, 0.1) is 0 Å². The molecule has 1 aromatic rings. The Labute approximate surface area is 96.9 Å². The normalized spacial score (nSPS) is 10.5. The van der Waals surface area contributed by atoms with Crippen molar-refractivity contribution in [2.75, 3.05) is 0 Å². The lowest BCUT2D eigenvalue weighted by Gasteiger charge is -2.02. The number of hydrogen-bond acceptors (Lipinski definition) is 3. The maximum absolute atomic E-state index is 5.76. The van der Waals surface area contributed by atoms with Crippen molar-refractivity contribution in [3.8, 4) is 0 Å². The summed E-state index contributed by atoms with van der Waals surface area (Å²) in [7, 11) is 0. The van der Waals surface area contributed by atoms with E-state index >= 15 is 0 Å². The molecule has 0 unspecified atom stereocenters. The lowest BCUT2D eigenvalue weighted by molar-refractivity contribution is 1.14. The Kier molecular flexibility index (Phi) is 7.86. The average Bonchev–Trinajstić information content (AvgIpc) is 2.32. The number of aryl methyl sites for hydroxylation is 1. The van der Waals surface area contributed by atoms with E-state index in [0.29, 0.717) is 0 Å². The Morgan fingerprint density at radius 1 is 1.27 bits per heavy atom. The molecule has 4 N–H and O–H groups in total. The molecule has 0 aliphatic carbocycles. The van der Waals surface area contributed by atoms with Gasteiger partial charge in [-0.1, -0.05) is 57.0 Å². The van der Waals surface area contributed by atoms with Gasteiger partial charge in [0.1, 0.15) is 0 Å². The van der Waals surface area contributed by atoms with Gasteiger partial charge < -0.3 is 5.73 Å². The molecule has 15 heavy (non-hydrogen) atoms. The zero-order valence-corrected chi connectivity index (χ0v) is 10.5. The van der Waals surface area contributed by atoms with E-state index in [1.54, 1.807) is 5.41 Å². The molecule has 84 valence electrons. The highest BCUT2D eigenvalue weighted by molar-refractivity contribution is 8.00. The molecule has 0 bridgehead atoms. The first kappa shape index (κ1) is 14.1. The van der Waals surface area contributed by atoms with Gasteiger partial charge in [-0.3, -0.25) is 5.14 Å². The summed E-state index contributed by atoms with van der Waals surface area (Å²) in [4.78, 5) is 0. The molecule has 0 heterocycles. The van der Waals surface area contributed by atoms with Crippen LogP contribution in [0, 0.1) is 0 Å². The minimum atomic E-state index is 0.718. The summed E-state index contributed by atoms with van der Waals surface area (Å²) in [5.41, 5.74) is 8.81. The SMILES string of the molecule is CC.CCc1ccc(/C(N)=C/SN)cc1. The zero-order chi connectivity index (χ0) is 11.7. The largest absolute Gasteiger partial charge is 0.398 e. The van der Waals surface area contributed by atoms with E-state index in [9.17, 15) is 0 Å². The first-order valence-corrected chi connectivity index (χ1v) is 6.12. The van der Waals surface area contributed by atoms with Gasteiger partial charge in [-0.2, -0.15) is 0 Å². The second-order valence-corrected chi connectivity index (χ2v) is 3.27. The van der Waals surface area contributed by atoms with Crippen molar-refractivity contribution in [2.45, 2.75) is 27.2 Å². The highest BCUT2D eigenvalue weighted by Gasteiger charge is 1.95. The second-order valence-electron chi connectivity index (χ2n) is 2.76. The maximum atomic E-state index is 5.76. The lowest BCUT2D eigenvalue weighted by atomic mass is 10.1. The number of nitrogens with two attached hydrogens (primary N) is 2. The number of hydrogen-bond donors (Lipinski definition) is 2. The van der Waals surface area contributed by atoms with Crippen molar-refractivity contribution in [1.82, 2.24) is 0 Å². The topological polar surface area (TPSA) is 52.0 Å². The van der Waals surface area contributed by atoms with E-state index in [1.807, 2.05) is 26.0 Å². The van der Waals surface area contributed by atoms with Crippen molar-refractivity contribution in [1.29, 1.82) is 0 Å². The highest BCUT2D eigenvalue weighted by Crippen LogP contribution is 2.12. The molecule has 0 amide bonds. The maximum Gasteiger partial charge on any atom is 0.0464 e. The van der Waals surface area contributed by atoms with Crippen LogP contribution in [0.4, 0.5) is 0 Å². The molecule has 0 aliphatic heterocycles. The number of rotatable bonds is 3. The molecular formula is C12H20N2S. The average molecular weight is 224 g/mol. The summed E-state index contributed by atoms with van der Waals surface area (Å²) < 4.78 is 0. The van der Waals surface area contributed by atoms with Gasteiger partial charge in [-0.15, -0.1) is 0 Å². The van der Waals surface area contributed by atoms with Crippen LogP contribution in [0.3, 0.4) is 0 Å². The van der Waals surface area contributed by atoms with E-state index in [1.165, 1.54) is 5.56 Å². The van der Waals surface area contributed by atoms with Crippen LogP contribution in [0.2, 0.25) is 0 Å². The molecule has 0 radical (unpaired) electrons. The fraction of sp³-hybridized carbons (Fsp3) is 0.333. The Morgan fingerprint density at radius 3 is 2.20 bits per heavy atom. The predicted octanol–water partition coefficient (Wildman–Crippen LogP) is 3.14. The summed E-state index contributed by atoms with van der Waals surface area (Å²) in [6.45, 7) is 6.13. The van der Waals surface area contributed by atoms with E-state index in [-0.39, 0.29) is 0 Å². The van der Waals surface area contributed by atoms with Crippen LogP contribution in [0.15, 0.2) is 29.7 Å². The molecule has 1 rings (SSSR count). The van der Waals surface area contributed by atoms with E-state index < -0.39 is 0 Å².